The molecule has 0 aromatic heterocycles. The summed E-state index contributed by atoms with van der Waals surface area (Å²) in [5, 5.41) is 6.44. The van der Waals surface area contributed by atoms with E-state index in [-0.39, 0.29) is 11.8 Å². The number of guanidine groups is 1. The summed E-state index contributed by atoms with van der Waals surface area (Å²) in [6.45, 7) is 4.33. The van der Waals surface area contributed by atoms with Crippen LogP contribution in [0.2, 0.25) is 0 Å². The lowest BCUT2D eigenvalue weighted by atomic mass is 10.2. The Kier molecular flexibility index (Phi) is 8.38. The molecule has 2 rings (SSSR count). The van der Waals surface area contributed by atoms with E-state index in [1.165, 1.54) is 12.8 Å². The van der Waals surface area contributed by atoms with E-state index in [1.54, 1.807) is 31.3 Å². The second-order valence-electron chi connectivity index (χ2n) is 6.71. The number of sulfone groups is 1. The van der Waals surface area contributed by atoms with Gasteiger partial charge in [0.2, 0.25) is 0 Å². The zero-order chi connectivity index (χ0) is 18.8. The Morgan fingerprint density at radius 2 is 2.04 bits per heavy atom. The van der Waals surface area contributed by atoms with Crippen molar-refractivity contribution in [2.75, 3.05) is 32.6 Å². The summed E-state index contributed by atoms with van der Waals surface area (Å²) in [6, 6.07) is 8.38. The first-order chi connectivity index (χ1) is 12.5. The van der Waals surface area contributed by atoms with Crippen molar-refractivity contribution in [3.63, 3.8) is 0 Å². The van der Waals surface area contributed by atoms with Crippen LogP contribution in [0.1, 0.15) is 32.6 Å². The zero-order valence-corrected chi connectivity index (χ0v) is 16.6. The molecule has 6 nitrogen and oxygen atoms in total. The number of nitrogens with zero attached hydrogens (tertiary/aromatic N) is 1. The minimum atomic E-state index is -3.33. The molecule has 1 aromatic rings. The fourth-order valence-corrected chi connectivity index (χ4v) is 4.17. The quantitative estimate of drug-likeness (QED) is 0.349. The normalized spacial score (nSPS) is 16.3. The molecule has 2 N–H and O–H groups in total. The predicted molar refractivity (Wildman–Crippen MR) is 105 cm³/mol. The largest absolute Gasteiger partial charge is 0.381 e. The molecule has 0 radical (unpaired) electrons. The molecular formula is C19H31N3O3S. The molecule has 1 atom stereocenters. The molecule has 0 saturated heterocycles. The minimum absolute atomic E-state index is 0.0404. The Labute approximate surface area is 157 Å². The third-order valence-corrected chi connectivity index (χ3v) is 6.22. The van der Waals surface area contributed by atoms with Crippen LogP contribution in [0.4, 0.5) is 0 Å². The summed E-state index contributed by atoms with van der Waals surface area (Å²) >= 11 is 0. The summed E-state index contributed by atoms with van der Waals surface area (Å²) in [7, 11) is -1.63. The third kappa shape index (κ3) is 7.33. The summed E-state index contributed by atoms with van der Waals surface area (Å²) in [5.41, 5.74) is 0. The van der Waals surface area contributed by atoms with Gasteiger partial charge in [-0.05, 0) is 43.7 Å². The molecule has 1 saturated carbocycles. The summed E-state index contributed by atoms with van der Waals surface area (Å²) < 4.78 is 30.7. The molecular weight excluding hydrogens is 350 g/mol. The van der Waals surface area contributed by atoms with Crippen LogP contribution in [0.3, 0.4) is 0 Å². The predicted octanol–water partition coefficient (Wildman–Crippen LogP) is 2.22. The smallest absolute Gasteiger partial charge is 0.191 e. The van der Waals surface area contributed by atoms with Crippen LogP contribution in [0, 0.1) is 5.92 Å². The standard InChI is InChI=1S/C19H31N3O3S/c1-3-17(15-26(23,24)18-8-5-4-6-9-18)22-19(20-2)21-12-7-13-25-14-16-10-11-16/h4-6,8-9,16-17H,3,7,10-15H2,1-2H3,(H2,20,21,22). The van der Waals surface area contributed by atoms with Gasteiger partial charge >= 0.3 is 0 Å². The van der Waals surface area contributed by atoms with Gasteiger partial charge in [-0.25, -0.2) is 8.42 Å². The molecule has 1 aliphatic rings. The van der Waals surface area contributed by atoms with Crippen molar-refractivity contribution in [1.29, 1.82) is 0 Å². The molecule has 0 spiro atoms. The maximum Gasteiger partial charge on any atom is 0.191 e. The lowest BCUT2D eigenvalue weighted by molar-refractivity contribution is 0.123. The van der Waals surface area contributed by atoms with E-state index in [9.17, 15) is 8.42 Å². The van der Waals surface area contributed by atoms with E-state index in [2.05, 4.69) is 15.6 Å². The highest BCUT2D eigenvalue weighted by atomic mass is 32.2. The van der Waals surface area contributed by atoms with Gasteiger partial charge in [0.05, 0.1) is 10.6 Å². The molecule has 1 aromatic carbocycles. The summed E-state index contributed by atoms with van der Waals surface area (Å²) in [4.78, 5) is 4.55. The summed E-state index contributed by atoms with van der Waals surface area (Å²) in [6.07, 6.45) is 4.20. The number of nitrogens with one attached hydrogen (secondary N) is 2. The van der Waals surface area contributed by atoms with E-state index >= 15 is 0 Å². The van der Waals surface area contributed by atoms with Gasteiger partial charge in [-0.15, -0.1) is 0 Å². The van der Waals surface area contributed by atoms with Gasteiger partial charge in [-0.2, -0.15) is 0 Å². The van der Waals surface area contributed by atoms with E-state index in [0.717, 1.165) is 32.1 Å². The van der Waals surface area contributed by atoms with E-state index in [1.807, 2.05) is 13.0 Å². The Morgan fingerprint density at radius 3 is 2.65 bits per heavy atom. The van der Waals surface area contributed by atoms with Crippen LogP contribution in [0.5, 0.6) is 0 Å². The first kappa shape index (κ1) is 20.7. The number of hydrogen-bond acceptors (Lipinski definition) is 4. The van der Waals surface area contributed by atoms with Crippen LogP contribution < -0.4 is 10.6 Å². The van der Waals surface area contributed by atoms with Gasteiger partial charge in [0, 0.05) is 32.8 Å². The van der Waals surface area contributed by atoms with Crippen LogP contribution in [0.15, 0.2) is 40.2 Å². The maximum absolute atomic E-state index is 12.5. The Balaban J connectivity index is 1.75. The van der Waals surface area contributed by atoms with Crippen LogP contribution in [-0.4, -0.2) is 53.0 Å². The lowest BCUT2D eigenvalue weighted by Gasteiger charge is -2.20. The second-order valence-corrected chi connectivity index (χ2v) is 8.75. The molecule has 0 amide bonds. The second kappa shape index (κ2) is 10.5. The third-order valence-electron chi connectivity index (χ3n) is 4.39. The lowest BCUT2D eigenvalue weighted by Crippen LogP contribution is -2.46. The van der Waals surface area contributed by atoms with Crippen LogP contribution >= 0.6 is 0 Å². The molecule has 7 heteroatoms. The van der Waals surface area contributed by atoms with Crippen molar-refractivity contribution < 1.29 is 13.2 Å². The number of ether oxygens (including phenoxy) is 1. The van der Waals surface area contributed by atoms with Crippen molar-refractivity contribution in [3.05, 3.63) is 30.3 Å². The van der Waals surface area contributed by atoms with E-state index < -0.39 is 9.84 Å². The molecule has 0 aliphatic heterocycles. The van der Waals surface area contributed by atoms with Gasteiger partial charge in [0.15, 0.2) is 15.8 Å². The first-order valence-electron chi connectivity index (χ1n) is 9.38. The highest BCUT2D eigenvalue weighted by Crippen LogP contribution is 2.28. The van der Waals surface area contributed by atoms with Crippen molar-refractivity contribution in [2.24, 2.45) is 10.9 Å². The Bertz CT molecular complexity index is 658. The SMILES string of the molecule is CCC(CS(=O)(=O)c1ccccc1)NC(=NC)NCCCOCC1CC1. The van der Waals surface area contributed by atoms with Crippen molar-refractivity contribution in [2.45, 2.75) is 43.5 Å². The average molecular weight is 382 g/mol. The highest BCUT2D eigenvalue weighted by Gasteiger charge is 2.21. The number of benzene rings is 1. The molecule has 0 heterocycles. The molecule has 1 aliphatic carbocycles. The average Bonchev–Trinajstić information content (AvgIpc) is 3.47. The van der Waals surface area contributed by atoms with Gasteiger partial charge in [0.25, 0.3) is 0 Å². The minimum Gasteiger partial charge on any atom is -0.381 e. The molecule has 26 heavy (non-hydrogen) atoms. The zero-order valence-electron chi connectivity index (χ0n) is 15.8. The number of rotatable bonds is 11. The van der Waals surface area contributed by atoms with Gasteiger partial charge in [-0.1, -0.05) is 25.1 Å². The van der Waals surface area contributed by atoms with Crippen molar-refractivity contribution in [1.82, 2.24) is 10.6 Å². The monoisotopic (exact) mass is 381 g/mol. The molecule has 1 fully saturated rings. The molecule has 1 unspecified atom stereocenters. The Hall–Kier alpha value is -1.60. The van der Waals surface area contributed by atoms with Crippen LogP contribution in [0.25, 0.3) is 0 Å². The van der Waals surface area contributed by atoms with E-state index in [4.69, 9.17) is 4.74 Å². The number of aliphatic imine (C=N–C) groups is 1. The maximum atomic E-state index is 12.5. The van der Waals surface area contributed by atoms with Crippen molar-refractivity contribution >= 4 is 15.8 Å². The topological polar surface area (TPSA) is 79.8 Å². The summed E-state index contributed by atoms with van der Waals surface area (Å²) in [5.74, 6) is 1.45. The van der Waals surface area contributed by atoms with E-state index in [0.29, 0.717) is 17.3 Å². The first-order valence-corrected chi connectivity index (χ1v) is 11.0. The molecule has 0 bridgehead atoms. The van der Waals surface area contributed by atoms with Crippen LogP contribution in [-0.2, 0) is 14.6 Å². The highest BCUT2D eigenvalue weighted by molar-refractivity contribution is 7.91. The van der Waals surface area contributed by atoms with Gasteiger partial charge < -0.3 is 15.4 Å². The number of hydrogen-bond donors (Lipinski definition) is 2. The molecule has 146 valence electrons. The van der Waals surface area contributed by atoms with Gasteiger partial charge in [0.1, 0.15) is 0 Å². The fourth-order valence-electron chi connectivity index (χ4n) is 2.55. The van der Waals surface area contributed by atoms with Gasteiger partial charge in [-0.3, -0.25) is 4.99 Å². The fraction of sp³-hybridized carbons (Fsp3) is 0.632. The Morgan fingerprint density at radius 1 is 1.31 bits per heavy atom. The van der Waals surface area contributed by atoms with Crippen molar-refractivity contribution in [3.8, 4) is 0 Å².